The molecule has 2 atom stereocenters. The van der Waals surface area contributed by atoms with E-state index in [-0.39, 0.29) is 11.9 Å². The van der Waals surface area contributed by atoms with Gasteiger partial charge in [-0.3, -0.25) is 0 Å². The molecule has 4 aromatic rings. The number of hydrogen-bond acceptors (Lipinski definition) is 6. The second kappa shape index (κ2) is 8.22. The monoisotopic (exact) mass is 472 g/mol. The predicted octanol–water partition coefficient (Wildman–Crippen LogP) is 5.71. The van der Waals surface area contributed by atoms with Crippen molar-refractivity contribution in [1.29, 1.82) is 0 Å². The van der Waals surface area contributed by atoms with Crippen molar-refractivity contribution in [2.45, 2.75) is 17.3 Å². The zero-order valence-electron chi connectivity index (χ0n) is 18.5. The molecule has 0 saturated heterocycles. The SMILES string of the molecule is COc1ccc(C2Oc3ccccc3C3=C2C(c2ccc(F)cc2)n2nc(SC)nc2N3)cc1. The third kappa shape index (κ3) is 3.33. The van der Waals surface area contributed by atoms with E-state index in [1.165, 1.54) is 23.9 Å². The maximum atomic E-state index is 13.9. The average Bonchev–Trinajstić information content (AvgIpc) is 3.30. The summed E-state index contributed by atoms with van der Waals surface area (Å²) in [5.74, 6) is 1.91. The van der Waals surface area contributed by atoms with Gasteiger partial charge in [-0.2, -0.15) is 4.98 Å². The van der Waals surface area contributed by atoms with Gasteiger partial charge < -0.3 is 14.8 Å². The Balaban J connectivity index is 1.60. The van der Waals surface area contributed by atoms with Crippen LogP contribution in [-0.4, -0.2) is 28.1 Å². The Hall–Kier alpha value is -3.78. The number of ether oxygens (including phenoxy) is 2. The molecule has 1 N–H and O–H groups in total. The van der Waals surface area contributed by atoms with E-state index in [2.05, 4.69) is 10.3 Å². The van der Waals surface area contributed by atoms with Crippen LogP contribution in [0.1, 0.15) is 28.8 Å². The molecule has 0 aliphatic carbocycles. The van der Waals surface area contributed by atoms with Crippen LogP contribution < -0.4 is 14.8 Å². The number of aromatic nitrogens is 3. The molecule has 170 valence electrons. The Morgan fingerprint density at radius 2 is 1.74 bits per heavy atom. The fourth-order valence-electron chi connectivity index (χ4n) is 4.56. The Morgan fingerprint density at radius 3 is 2.47 bits per heavy atom. The van der Waals surface area contributed by atoms with Gasteiger partial charge in [0.1, 0.15) is 29.5 Å². The zero-order chi connectivity index (χ0) is 23.2. The molecule has 6 nitrogen and oxygen atoms in total. The molecule has 6 rings (SSSR count). The summed E-state index contributed by atoms with van der Waals surface area (Å²) in [6.45, 7) is 0. The lowest BCUT2D eigenvalue weighted by molar-refractivity contribution is 0.222. The number of nitrogens with zero attached hydrogens (tertiary/aromatic N) is 3. The van der Waals surface area contributed by atoms with Gasteiger partial charge >= 0.3 is 0 Å². The lowest BCUT2D eigenvalue weighted by atomic mass is 9.84. The normalized spacial score (nSPS) is 18.3. The number of anilines is 1. The fraction of sp³-hybridized carbons (Fsp3) is 0.154. The summed E-state index contributed by atoms with van der Waals surface area (Å²) in [4.78, 5) is 4.69. The first-order chi connectivity index (χ1) is 16.7. The minimum Gasteiger partial charge on any atom is -0.497 e. The van der Waals surface area contributed by atoms with Crippen molar-refractivity contribution < 1.29 is 13.9 Å². The number of para-hydroxylation sites is 1. The first kappa shape index (κ1) is 20.8. The van der Waals surface area contributed by atoms with Gasteiger partial charge in [-0.05, 0) is 53.8 Å². The summed E-state index contributed by atoms with van der Waals surface area (Å²) in [6.07, 6.45) is 1.55. The molecular formula is C26H21FN4O2S. The van der Waals surface area contributed by atoms with Crippen LogP contribution in [0.25, 0.3) is 5.70 Å². The van der Waals surface area contributed by atoms with E-state index in [9.17, 15) is 4.39 Å². The summed E-state index contributed by atoms with van der Waals surface area (Å²) in [6, 6.07) is 22.0. The Kier molecular flexibility index (Phi) is 5.03. The van der Waals surface area contributed by atoms with Crippen LogP contribution in [-0.2, 0) is 0 Å². The van der Waals surface area contributed by atoms with Gasteiger partial charge in [0.2, 0.25) is 11.1 Å². The van der Waals surface area contributed by atoms with E-state index >= 15 is 0 Å². The Bertz CT molecular complexity index is 1400. The highest BCUT2D eigenvalue weighted by atomic mass is 32.2. The van der Waals surface area contributed by atoms with Crippen LogP contribution in [0.4, 0.5) is 10.3 Å². The number of nitrogens with one attached hydrogen (secondary N) is 1. The van der Waals surface area contributed by atoms with Gasteiger partial charge in [-0.15, -0.1) is 5.10 Å². The van der Waals surface area contributed by atoms with Crippen LogP contribution in [0, 0.1) is 5.82 Å². The molecule has 2 unspecified atom stereocenters. The highest BCUT2D eigenvalue weighted by Gasteiger charge is 2.41. The van der Waals surface area contributed by atoms with E-state index in [4.69, 9.17) is 14.6 Å². The van der Waals surface area contributed by atoms with Gasteiger partial charge in [-0.1, -0.05) is 48.2 Å². The Labute approximate surface area is 200 Å². The molecule has 0 amide bonds. The van der Waals surface area contributed by atoms with Crippen molar-refractivity contribution in [2.24, 2.45) is 0 Å². The molecule has 8 heteroatoms. The summed E-state index contributed by atoms with van der Waals surface area (Å²) >= 11 is 1.48. The number of halogens is 1. The lowest BCUT2D eigenvalue weighted by Crippen LogP contribution is -2.32. The molecule has 34 heavy (non-hydrogen) atoms. The van der Waals surface area contributed by atoms with Gasteiger partial charge in [0.15, 0.2) is 0 Å². The van der Waals surface area contributed by atoms with Gasteiger partial charge in [0.05, 0.1) is 12.8 Å². The minimum absolute atomic E-state index is 0.285. The second-order valence-electron chi connectivity index (χ2n) is 8.04. The molecule has 0 spiro atoms. The first-order valence-corrected chi connectivity index (χ1v) is 12.1. The fourth-order valence-corrected chi connectivity index (χ4v) is 4.91. The van der Waals surface area contributed by atoms with Crippen LogP contribution in [0.15, 0.2) is 83.5 Å². The topological polar surface area (TPSA) is 61.2 Å². The van der Waals surface area contributed by atoms with Gasteiger partial charge in [-0.25, -0.2) is 9.07 Å². The van der Waals surface area contributed by atoms with Crippen LogP contribution >= 0.6 is 11.8 Å². The van der Waals surface area contributed by atoms with Crippen molar-refractivity contribution in [3.8, 4) is 11.5 Å². The van der Waals surface area contributed by atoms with E-state index in [1.807, 2.05) is 59.5 Å². The van der Waals surface area contributed by atoms with Crippen molar-refractivity contribution in [3.63, 3.8) is 0 Å². The van der Waals surface area contributed by atoms with E-state index in [1.54, 1.807) is 19.2 Å². The maximum Gasteiger partial charge on any atom is 0.227 e. The molecule has 2 aliphatic heterocycles. The molecule has 3 heterocycles. The Morgan fingerprint density at radius 1 is 1.00 bits per heavy atom. The molecule has 1 aromatic heterocycles. The number of rotatable bonds is 4. The van der Waals surface area contributed by atoms with Crippen molar-refractivity contribution in [3.05, 3.63) is 101 Å². The first-order valence-electron chi connectivity index (χ1n) is 10.8. The summed E-state index contributed by atoms with van der Waals surface area (Å²) < 4.78 is 27.7. The summed E-state index contributed by atoms with van der Waals surface area (Å²) in [5.41, 5.74) is 4.75. The molecule has 2 aliphatic rings. The molecular weight excluding hydrogens is 451 g/mol. The van der Waals surface area contributed by atoms with Crippen LogP contribution in [0.2, 0.25) is 0 Å². The number of methoxy groups -OCH3 is 1. The van der Waals surface area contributed by atoms with Crippen LogP contribution in [0.5, 0.6) is 11.5 Å². The maximum absolute atomic E-state index is 13.9. The number of fused-ring (bicyclic) bond motifs is 3. The largest absolute Gasteiger partial charge is 0.497 e. The minimum atomic E-state index is -0.395. The average molecular weight is 473 g/mol. The summed E-state index contributed by atoms with van der Waals surface area (Å²) in [7, 11) is 1.65. The number of hydrogen-bond donors (Lipinski definition) is 1. The van der Waals surface area contributed by atoms with Crippen molar-refractivity contribution in [2.75, 3.05) is 18.7 Å². The van der Waals surface area contributed by atoms with Crippen molar-refractivity contribution >= 4 is 23.4 Å². The van der Waals surface area contributed by atoms with Crippen molar-refractivity contribution in [1.82, 2.24) is 14.8 Å². The molecule has 0 radical (unpaired) electrons. The quantitative estimate of drug-likeness (QED) is 0.384. The standard InChI is InChI=1S/C26H21FN4O2S/c1-32-18-13-9-16(10-14-18)24-21-22(19-5-3-4-6-20(19)33-24)28-25-29-26(34-2)30-31(25)23(21)15-7-11-17(27)12-8-15/h3-14,23-24H,1-2H3,(H,28,29,30). The van der Waals surface area contributed by atoms with Crippen LogP contribution in [0.3, 0.4) is 0 Å². The van der Waals surface area contributed by atoms with E-state index in [0.29, 0.717) is 11.1 Å². The predicted molar refractivity (Wildman–Crippen MR) is 130 cm³/mol. The molecule has 3 aromatic carbocycles. The number of thioether (sulfide) groups is 1. The van der Waals surface area contributed by atoms with E-state index in [0.717, 1.165) is 39.5 Å². The van der Waals surface area contributed by atoms with Gasteiger partial charge in [0.25, 0.3) is 0 Å². The highest BCUT2D eigenvalue weighted by molar-refractivity contribution is 7.98. The smallest absolute Gasteiger partial charge is 0.227 e. The lowest BCUT2D eigenvalue weighted by Gasteiger charge is -2.38. The van der Waals surface area contributed by atoms with E-state index < -0.39 is 6.10 Å². The molecule has 0 fully saturated rings. The second-order valence-corrected chi connectivity index (χ2v) is 8.82. The third-order valence-electron chi connectivity index (χ3n) is 6.15. The molecule has 0 bridgehead atoms. The summed E-state index contributed by atoms with van der Waals surface area (Å²) in [5, 5.41) is 8.93. The highest BCUT2D eigenvalue weighted by Crippen LogP contribution is 2.50. The zero-order valence-corrected chi connectivity index (χ0v) is 19.3. The van der Waals surface area contributed by atoms with Gasteiger partial charge in [0, 0.05) is 11.1 Å². The number of benzene rings is 3. The third-order valence-corrected chi connectivity index (χ3v) is 6.69. The molecule has 0 saturated carbocycles.